The molecule has 5 nitrogen and oxygen atoms in total. The Hall–Kier alpha value is -1.01. The maximum atomic E-state index is 5.39. The molecule has 2 unspecified atom stereocenters. The highest BCUT2D eigenvalue weighted by molar-refractivity contribution is 7.99. The van der Waals surface area contributed by atoms with Gasteiger partial charge in [0.05, 0.1) is 0 Å². The first-order valence-electron chi connectivity index (χ1n) is 6.41. The molecule has 100 valence electrons. The van der Waals surface area contributed by atoms with E-state index in [1.54, 1.807) is 0 Å². The minimum Gasteiger partial charge on any atom is -0.367 e. The third-order valence-electron chi connectivity index (χ3n) is 3.12. The molecule has 0 amide bonds. The quantitative estimate of drug-likeness (QED) is 0.560. The summed E-state index contributed by atoms with van der Waals surface area (Å²) in [6, 6.07) is 2.38. The van der Waals surface area contributed by atoms with Crippen LogP contribution in [0.25, 0.3) is 0 Å². The van der Waals surface area contributed by atoms with Gasteiger partial charge in [0.15, 0.2) is 0 Å². The third-order valence-corrected chi connectivity index (χ3v) is 4.36. The summed E-state index contributed by atoms with van der Waals surface area (Å²) in [4.78, 5) is 8.57. The fourth-order valence-corrected chi connectivity index (χ4v) is 3.53. The van der Waals surface area contributed by atoms with E-state index in [-0.39, 0.29) is 0 Å². The van der Waals surface area contributed by atoms with Crippen LogP contribution in [-0.2, 0) is 0 Å². The van der Waals surface area contributed by atoms with Crippen LogP contribution in [-0.4, -0.2) is 27.0 Å². The molecule has 1 aliphatic rings. The number of aryl methyl sites for hydroxylation is 1. The maximum Gasteiger partial charge on any atom is 0.145 e. The molecule has 0 aliphatic heterocycles. The lowest BCUT2D eigenvalue weighted by Crippen LogP contribution is -2.18. The highest BCUT2D eigenvalue weighted by atomic mass is 32.2. The second-order valence-corrected chi connectivity index (χ2v) is 6.14. The predicted octanol–water partition coefficient (Wildman–Crippen LogP) is 2.16. The van der Waals surface area contributed by atoms with E-state index in [4.69, 9.17) is 5.84 Å². The van der Waals surface area contributed by atoms with Crippen LogP contribution in [0.1, 0.15) is 32.0 Å². The summed E-state index contributed by atoms with van der Waals surface area (Å²) in [6.45, 7) is 4.09. The molecule has 6 heteroatoms. The second kappa shape index (κ2) is 6.24. The molecular formula is C12H21N5S. The van der Waals surface area contributed by atoms with E-state index < -0.39 is 0 Å². The van der Waals surface area contributed by atoms with Gasteiger partial charge >= 0.3 is 0 Å². The van der Waals surface area contributed by atoms with Crippen molar-refractivity contribution in [3.05, 3.63) is 11.9 Å². The Balaban J connectivity index is 1.95. The molecule has 1 heterocycles. The standard InChI is InChI=1S/C12H21N5S/c1-3-18-10-5-4-9(6-10)16-11-7-12(17-13)15-8(2)14-11/h7,9-10H,3-6,13H2,1-2H3,(H2,14,15,16,17). The first kappa shape index (κ1) is 13.4. The van der Waals surface area contributed by atoms with Crippen LogP contribution < -0.4 is 16.6 Å². The Morgan fingerprint density at radius 1 is 1.39 bits per heavy atom. The number of rotatable bonds is 5. The maximum absolute atomic E-state index is 5.39. The Kier molecular flexibility index (Phi) is 4.66. The molecule has 1 fully saturated rings. The van der Waals surface area contributed by atoms with Gasteiger partial charge in [-0.25, -0.2) is 15.8 Å². The van der Waals surface area contributed by atoms with Gasteiger partial charge in [-0.2, -0.15) is 11.8 Å². The zero-order chi connectivity index (χ0) is 13.0. The molecule has 2 atom stereocenters. The summed E-state index contributed by atoms with van der Waals surface area (Å²) in [5.74, 6) is 8.83. The van der Waals surface area contributed by atoms with Gasteiger partial charge < -0.3 is 10.7 Å². The number of nitrogens with zero attached hydrogens (tertiary/aromatic N) is 2. The van der Waals surface area contributed by atoms with Gasteiger partial charge in [0, 0.05) is 17.4 Å². The van der Waals surface area contributed by atoms with Crippen LogP contribution in [0, 0.1) is 6.92 Å². The average molecular weight is 267 g/mol. The largest absolute Gasteiger partial charge is 0.367 e. The molecule has 0 bridgehead atoms. The van der Waals surface area contributed by atoms with Crippen molar-refractivity contribution in [2.45, 2.75) is 44.4 Å². The molecule has 1 aromatic rings. The molecule has 2 rings (SSSR count). The van der Waals surface area contributed by atoms with Crippen molar-refractivity contribution in [1.29, 1.82) is 0 Å². The van der Waals surface area contributed by atoms with Crippen molar-refractivity contribution in [3.8, 4) is 0 Å². The van der Waals surface area contributed by atoms with Gasteiger partial charge in [0.25, 0.3) is 0 Å². The van der Waals surface area contributed by atoms with E-state index in [0.29, 0.717) is 11.9 Å². The van der Waals surface area contributed by atoms with E-state index in [0.717, 1.165) is 16.9 Å². The Morgan fingerprint density at radius 3 is 2.89 bits per heavy atom. The number of aromatic nitrogens is 2. The van der Waals surface area contributed by atoms with E-state index >= 15 is 0 Å². The monoisotopic (exact) mass is 267 g/mol. The number of anilines is 2. The van der Waals surface area contributed by atoms with Crippen LogP contribution in [0.3, 0.4) is 0 Å². The van der Waals surface area contributed by atoms with Gasteiger partial charge in [-0.1, -0.05) is 6.92 Å². The molecule has 1 aromatic heterocycles. The summed E-state index contributed by atoms with van der Waals surface area (Å²) in [7, 11) is 0. The van der Waals surface area contributed by atoms with Crippen molar-refractivity contribution in [1.82, 2.24) is 9.97 Å². The highest BCUT2D eigenvalue weighted by Crippen LogP contribution is 2.31. The van der Waals surface area contributed by atoms with E-state index in [1.165, 1.54) is 25.0 Å². The minimum absolute atomic E-state index is 0.522. The summed E-state index contributed by atoms with van der Waals surface area (Å²) in [6.07, 6.45) is 3.72. The van der Waals surface area contributed by atoms with Crippen molar-refractivity contribution >= 4 is 23.4 Å². The van der Waals surface area contributed by atoms with Crippen molar-refractivity contribution in [2.75, 3.05) is 16.5 Å². The average Bonchev–Trinajstić information content (AvgIpc) is 2.76. The number of hydrazine groups is 1. The van der Waals surface area contributed by atoms with Crippen molar-refractivity contribution in [3.63, 3.8) is 0 Å². The zero-order valence-corrected chi connectivity index (χ0v) is 11.8. The minimum atomic E-state index is 0.522. The molecule has 0 saturated heterocycles. The van der Waals surface area contributed by atoms with Crippen LogP contribution in [0.2, 0.25) is 0 Å². The first-order valence-corrected chi connectivity index (χ1v) is 7.46. The third kappa shape index (κ3) is 3.49. The van der Waals surface area contributed by atoms with Gasteiger partial charge in [-0.05, 0) is 31.9 Å². The number of hydrogen-bond acceptors (Lipinski definition) is 6. The zero-order valence-electron chi connectivity index (χ0n) is 10.9. The highest BCUT2D eigenvalue weighted by Gasteiger charge is 2.24. The predicted molar refractivity (Wildman–Crippen MR) is 77.8 cm³/mol. The summed E-state index contributed by atoms with van der Waals surface area (Å²) < 4.78 is 0. The number of nitrogen functional groups attached to an aromatic ring is 1. The lowest BCUT2D eigenvalue weighted by molar-refractivity contribution is 0.750. The summed E-state index contributed by atoms with van der Waals surface area (Å²) >= 11 is 2.06. The molecule has 18 heavy (non-hydrogen) atoms. The molecule has 1 aliphatic carbocycles. The van der Waals surface area contributed by atoms with Crippen LogP contribution in [0.5, 0.6) is 0 Å². The molecule has 1 saturated carbocycles. The number of nitrogens with two attached hydrogens (primary N) is 1. The summed E-state index contributed by atoms with van der Waals surface area (Å²) in [5.41, 5.74) is 2.57. The van der Waals surface area contributed by atoms with Crippen molar-refractivity contribution in [2.24, 2.45) is 5.84 Å². The van der Waals surface area contributed by atoms with Crippen LogP contribution >= 0.6 is 11.8 Å². The molecular weight excluding hydrogens is 246 g/mol. The summed E-state index contributed by atoms with van der Waals surface area (Å²) in [5, 5.41) is 4.28. The second-order valence-electron chi connectivity index (χ2n) is 4.56. The van der Waals surface area contributed by atoms with Crippen LogP contribution in [0.15, 0.2) is 6.07 Å². The Labute approximate surface area is 112 Å². The first-order chi connectivity index (χ1) is 8.71. The lowest BCUT2D eigenvalue weighted by atomic mass is 10.2. The van der Waals surface area contributed by atoms with Gasteiger partial charge in [0.2, 0.25) is 0 Å². The van der Waals surface area contributed by atoms with Gasteiger partial charge in [0.1, 0.15) is 17.5 Å². The van der Waals surface area contributed by atoms with Crippen LogP contribution in [0.4, 0.5) is 11.6 Å². The lowest BCUT2D eigenvalue weighted by Gasteiger charge is -2.14. The number of nitrogens with one attached hydrogen (secondary N) is 2. The normalized spacial score (nSPS) is 23.1. The molecule has 0 radical (unpaired) electrons. The SMILES string of the molecule is CCSC1CCC(Nc2cc(NN)nc(C)n2)C1. The Morgan fingerprint density at radius 2 is 2.17 bits per heavy atom. The van der Waals surface area contributed by atoms with Crippen molar-refractivity contribution < 1.29 is 0 Å². The number of thioether (sulfide) groups is 1. The molecule has 0 aromatic carbocycles. The smallest absolute Gasteiger partial charge is 0.145 e. The fourth-order valence-electron chi connectivity index (χ4n) is 2.38. The van der Waals surface area contributed by atoms with E-state index in [9.17, 15) is 0 Å². The van der Waals surface area contributed by atoms with Gasteiger partial charge in [-0.15, -0.1) is 0 Å². The van der Waals surface area contributed by atoms with E-state index in [2.05, 4.69) is 39.4 Å². The molecule has 0 spiro atoms. The molecule has 4 N–H and O–H groups in total. The number of hydrogen-bond donors (Lipinski definition) is 3. The van der Waals surface area contributed by atoms with Gasteiger partial charge in [-0.3, -0.25) is 0 Å². The van der Waals surface area contributed by atoms with E-state index in [1.807, 2.05) is 13.0 Å². The topological polar surface area (TPSA) is 75.9 Å². The fraction of sp³-hybridized carbons (Fsp3) is 0.667. The Bertz CT molecular complexity index is 398.